The lowest BCUT2D eigenvalue weighted by molar-refractivity contribution is 0.102. The summed E-state index contributed by atoms with van der Waals surface area (Å²) in [5.41, 5.74) is 6.73. The minimum absolute atomic E-state index is 0.149. The van der Waals surface area contributed by atoms with Crippen LogP contribution in [0, 0.1) is 0 Å². The second-order valence-electron chi connectivity index (χ2n) is 4.05. The fourth-order valence-electron chi connectivity index (χ4n) is 1.61. The van der Waals surface area contributed by atoms with E-state index in [0.29, 0.717) is 22.0 Å². The second kappa shape index (κ2) is 5.16. The Kier molecular flexibility index (Phi) is 3.57. The van der Waals surface area contributed by atoms with Crippen LogP contribution >= 0.6 is 11.6 Å². The van der Waals surface area contributed by atoms with E-state index in [1.54, 1.807) is 19.2 Å². The van der Waals surface area contributed by atoms with Crippen molar-refractivity contribution >= 4 is 28.9 Å². The van der Waals surface area contributed by atoms with Crippen molar-refractivity contribution in [1.29, 1.82) is 0 Å². The number of nitrogens with zero attached hydrogens (tertiary/aromatic N) is 1. The molecule has 0 bridgehead atoms. The van der Waals surface area contributed by atoms with E-state index in [9.17, 15) is 9.59 Å². The van der Waals surface area contributed by atoms with Crippen LogP contribution in [-0.4, -0.2) is 10.5 Å². The number of carbonyl (C=O) groups excluding carboxylic acids is 1. The molecule has 0 saturated carbocycles. The number of anilines is 2. The molecule has 1 amide bonds. The third-order valence-electron chi connectivity index (χ3n) is 2.60. The molecule has 6 heteroatoms. The number of pyridine rings is 1. The van der Waals surface area contributed by atoms with E-state index in [-0.39, 0.29) is 11.5 Å². The van der Waals surface area contributed by atoms with Gasteiger partial charge in [-0.2, -0.15) is 0 Å². The van der Waals surface area contributed by atoms with Crippen molar-refractivity contribution in [2.75, 3.05) is 11.1 Å². The van der Waals surface area contributed by atoms with Crippen LogP contribution in [0.2, 0.25) is 5.02 Å². The molecule has 0 aliphatic carbocycles. The maximum atomic E-state index is 12.0. The highest BCUT2D eigenvalue weighted by molar-refractivity contribution is 6.31. The monoisotopic (exact) mass is 277 g/mol. The van der Waals surface area contributed by atoms with E-state index in [1.165, 1.54) is 29.0 Å². The molecule has 98 valence electrons. The number of halogens is 1. The average molecular weight is 278 g/mol. The number of benzene rings is 1. The first-order chi connectivity index (χ1) is 8.97. The summed E-state index contributed by atoms with van der Waals surface area (Å²) in [6.07, 6.45) is 1.53. The van der Waals surface area contributed by atoms with Crippen molar-refractivity contribution < 1.29 is 4.79 Å². The van der Waals surface area contributed by atoms with Gasteiger partial charge in [0.15, 0.2) is 0 Å². The van der Waals surface area contributed by atoms with Crippen molar-refractivity contribution in [3.63, 3.8) is 0 Å². The molecular formula is C13H12ClN3O2. The predicted molar refractivity (Wildman–Crippen MR) is 75.5 cm³/mol. The third kappa shape index (κ3) is 2.95. The van der Waals surface area contributed by atoms with Gasteiger partial charge in [0.1, 0.15) is 0 Å². The number of nitrogen functional groups attached to an aromatic ring is 1. The number of carbonyl (C=O) groups is 1. The molecule has 1 aromatic carbocycles. The molecule has 0 aliphatic rings. The molecule has 5 nitrogen and oxygen atoms in total. The fourth-order valence-corrected chi connectivity index (χ4v) is 1.79. The van der Waals surface area contributed by atoms with Gasteiger partial charge in [-0.15, -0.1) is 0 Å². The summed E-state index contributed by atoms with van der Waals surface area (Å²) in [7, 11) is 1.61. The van der Waals surface area contributed by atoms with Crippen LogP contribution in [0.25, 0.3) is 0 Å². The number of nitrogens with two attached hydrogens (primary N) is 1. The van der Waals surface area contributed by atoms with Crippen LogP contribution in [0.15, 0.2) is 41.3 Å². The summed E-state index contributed by atoms with van der Waals surface area (Å²) in [6, 6.07) is 7.56. The van der Waals surface area contributed by atoms with Gasteiger partial charge in [-0.1, -0.05) is 11.6 Å². The lowest BCUT2D eigenvalue weighted by Crippen LogP contribution is -2.18. The van der Waals surface area contributed by atoms with Gasteiger partial charge in [0, 0.05) is 30.0 Å². The normalized spacial score (nSPS) is 10.2. The summed E-state index contributed by atoms with van der Waals surface area (Å²) in [5, 5.41) is 3.13. The van der Waals surface area contributed by atoms with Crippen LogP contribution in [0.3, 0.4) is 0 Å². The van der Waals surface area contributed by atoms with Crippen LogP contribution in [0.5, 0.6) is 0 Å². The smallest absolute Gasteiger partial charge is 0.257 e. The first kappa shape index (κ1) is 13.2. The Morgan fingerprint density at radius 3 is 2.68 bits per heavy atom. The standard InChI is InChI=1S/C13H12ClN3O2/c1-17-7-9(3-5-12(17)18)16-13(19)10-4-2-8(14)6-11(10)15/h2-7H,15H2,1H3,(H,16,19). The summed E-state index contributed by atoms with van der Waals surface area (Å²) in [4.78, 5) is 23.3. The number of nitrogens with one attached hydrogen (secondary N) is 1. The van der Waals surface area contributed by atoms with Gasteiger partial charge < -0.3 is 15.6 Å². The highest BCUT2D eigenvalue weighted by Gasteiger charge is 2.10. The Bertz CT molecular complexity index is 695. The molecule has 3 N–H and O–H groups in total. The molecular weight excluding hydrogens is 266 g/mol. The van der Waals surface area contributed by atoms with Gasteiger partial charge in [0.2, 0.25) is 5.56 Å². The minimum Gasteiger partial charge on any atom is -0.398 e. The maximum absolute atomic E-state index is 12.0. The zero-order valence-corrected chi connectivity index (χ0v) is 10.9. The first-order valence-electron chi connectivity index (χ1n) is 5.50. The average Bonchev–Trinajstić information content (AvgIpc) is 2.33. The molecule has 2 rings (SSSR count). The molecule has 1 heterocycles. The number of aryl methyl sites for hydroxylation is 1. The van der Waals surface area contributed by atoms with Crippen molar-refractivity contribution in [2.24, 2.45) is 7.05 Å². The zero-order valence-electron chi connectivity index (χ0n) is 10.2. The van der Waals surface area contributed by atoms with Crippen molar-refractivity contribution in [3.8, 4) is 0 Å². The number of amides is 1. The van der Waals surface area contributed by atoms with Crippen molar-refractivity contribution in [3.05, 3.63) is 57.5 Å². The molecule has 2 aromatic rings. The van der Waals surface area contributed by atoms with E-state index >= 15 is 0 Å². The fraction of sp³-hybridized carbons (Fsp3) is 0.0769. The Hall–Kier alpha value is -2.27. The Morgan fingerprint density at radius 2 is 2.05 bits per heavy atom. The Balaban J connectivity index is 2.25. The van der Waals surface area contributed by atoms with E-state index in [1.807, 2.05) is 0 Å². The third-order valence-corrected chi connectivity index (χ3v) is 2.84. The van der Waals surface area contributed by atoms with Crippen molar-refractivity contribution in [1.82, 2.24) is 4.57 Å². The van der Waals surface area contributed by atoms with Crippen molar-refractivity contribution in [2.45, 2.75) is 0 Å². The molecule has 0 atom stereocenters. The highest BCUT2D eigenvalue weighted by atomic mass is 35.5. The van der Waals surface area contributed by atoms with Gasteiger partial charge in [0.05, 0.1) is 11.3 Å². The molecule has 0 radical (unpaired) electrons. The summed E-state index contributed by atoms with van der Waals surface area (Å²) in [5.74, 6) is -0.354. The summed E-state index contributed by atoms with van der Waals surface area (Å²) >= 11 is 5.77. The second-order valence-corrected chi connectivity index (χ2v) is 4.49. The number of aromatic nitrogens is 1. The van der Waals surface area contributed by atoms with E-state index in [0.717, 1.165) is 0 Å². The SMILES string of the molecule is Cn1cc(NC(=O)c2ccc(Cl)cc2N)ccc1=O. The molecule has 1 aromatic heterocycles. The molecule has 0 fully saturated rings. The Morgan fingerprint density at radius 1 is 1.32 bits per heavy atom. The topological polar surface area (TPSA) is 77.1 Å². The zero-order chi connectivity index (χ0) is 14.0. The maximum Gasteiger partial charge on any atom is 0.257 e. The van der Waals surface area contributed by atoms with Crippen LogP contribution < -0.4 is 16.6 Å². The largest absolute Gasteiger partial charge is 0.398 e. The molecule has 0 saturated heterocycles. The van der Waals surface area contributed by atoms with Crippen LogP contribution in [0.4, 0.5) is 11.4 Å². The minimum atomic E-state index is -0.354. The molecule has 0 spiro atoms. The number of rotatable bonds is 2. The van der Waals surface area contributed by atoms with E-state index in [2.05, 4.69) is 5.32 Å². The van der Waals surface area contributed by atoms with Gasteiger partial charge >= 0.3 is 0 Å². The van der Waals surface area contributed by atoms with Gasteiger partial charge in [-0.3, -0.25) is 9.59 Å². The first-order valence-corrected chi connectivity index (χ1v) is 5.88. The van der Waals surface area contributed by atoms with Gasteiger partial charge in [-0.05, 0) is 24.3 Å². The molecule has 0 aliphatic heterocycles. The van der Waals surface area contributed by atoms with Crippen LogP contribution in [0.1, 0.15) is 10.4 Å². The summed E-state index contributed by atoms with van der Waals surface area (Å²) in [6.45, 7) is 0. The van der Waals surface area contributed by atoms with Gasteiger partial charge in [-0.25, -0.2) is 0 Å². The van der Waals surface area contributed by atoms with E-state index < -0.39 is 0 Å². The van der Waals surface area contributed by atoms with E-state index in [4.69, 9.17) is 17.3 Å². The van der Waals surface area contributed by atoms with Gasteiger partial charge in [0.25, 0.3) is 5.91 Å². The predicted octanol–water partition coefficient (Wildman–Crippen LogP) is 1.87. The number of hydrogen-bond donors (Lipinski definition) is 2. The molecule has 0 unspecified atom stereocenters. The quantitative estimate of drug-likeness (QED) is 0.823. The molecule has 19 heavy (non-hydrogen) atoms. The Labute approximate surface area is 114 Å². The lowest BCUT2D eigenvalue weighted by Gasteiger charge is -2.08. The van der Waals surface area contributed by atoms with Crippen LogP contribution in [-0.2, 0) is 7.05 Å². The summed E-state index contributed by atoms with van der Waals surface area (Å²) < 4.78 is 1.38. The lowest BCUT2D eigenvalue weighted by atomic mass is 10.1. The highest BCUT2D eigenvalue weighted by Crippen LogP contribution is 2.19. The number of hydrogen-bond acceptors (Lipinski definition) is 3.